The van der Waals surface area contributed by atoms with Crippen molar-refractivity contribution in [2.45, 2.75) is 40.5 Å². The quantitative estimate of drug-likeness (QED) is 0.780. The summed E-state index contributed by atoms with van der Waals surface area (Å²) in [5.74, 6) is -0.0503. The Bertz CT molecular complexity index is 390. The van der Waals surface area contributed by atoms with Crippen LogP contribution in [0.4, 0.5) is 0 Å². The summed E-state index contributed by atoms with van der Waals surface area (Å²) in [5, 5.41) is 0. The summed E-state index contributed by atoms with van der Waals surface area (Å²) in [6.07, 6.45) is 1.69. The van der Waals surface area contributed by atoms with Gasteiger partial charge in [0.2, 0.25) is 5.91 Å². The van der Waals surface area contributed by atoms with Gasteiger partial charge in [0.25, 0.3) is 0 Å². The van der Waals surface area contributed by atoms with E-state index in [2.05, 4.69) is 4.72 Å². The number of nitrogens with zero attached hydrogens (tertiary/aromatic N) is 1. The van der Waals surface area contributed by atoms with Gasteiger partial charge in [-0.2, -0.15) is 12.7 Å². The number of carbonyl (C=O) groups is 1. The van der Waals surface area contributed by atoms with E-state index in [0.29, 0.717) is 19.0 Å². The van der Waals surface area contributed by atoms with Crippen molar-refractivity contribution in [2.24, 2.45) is 11.3 Å². The molecular weight excluding hydrogens is 240 g/mol. The Morgan fingerprint density at radius 2 is 1.88 bits per heavy atom. The summed E-state index contributed by atoms with van der Waals surface area (Å²) in [4.78, 5) is 11.9. The fourth-order valence-electron chi connectivity index (χ4n) is 2.19. The van der Waals surface area contributed by atoms with E-state index in [4.69, 9.17) is 0 Å². The van der Waals surface area contributed by atoms with Crippen LogP contribution in [0.3, 0.4) is 0 Å². The van der Waals surface area contributed by atoms with Gasteiger partial charge in [0, 0.05) is 13.1 Å². The van der Waals surface area contributed by atoms with Crippen molar-refractivity contribution >= 4 is 16.1 Å². The van der Waals surface area contributed by atoms with Gasteiger partial charge in [-0.15, -0.1) is 0 Å². The molecule has 0 saturated heterocycles. The maximum Gasteiger partial charge on any atom is 0.303 e. The molecule has 0 aromatic heterocycles. The molecule has 100 valence electrons. The van der Waals surface area contributed by atoms with E-state index >= 15 is 0 Å². The standard InChI is InChI=1S/C11H22N2O3S/c1-5-9-8-11(9,4)10(14)12-17(15,16)13(6-2)7-3/h9H,5-8H2,1-4H3,(H,12,14). The Morgan fingerprint density at radius 1 is 1.35 bits per heavy atom. The molecule has 1 aliphatic carbocycles. The van der Waals surface area contributed by atoms with Gasteiger partial charge in [-0.1, -0.05) is 34.1 Å². The van der Waals surface area contributed by atoms with Crippen LogP contribution < -0.4 is 4.72 Å². The normalized spacial score (nSPS) is 28.2. The average Bonchev–Trinajstić information content (AvgIpc) is 2.92. The topological polar surface area (TPSA) is 66.5 Å². The lowest BCUT2D eigenvalue weighted by Gasteiger charge is -2.20. The molecule has 2 unspecified atom stereocenters. The molecule has 1 amide bonds. The van der Waals surface area contributed by atoms with Gasteiger partial charge >= 0.3 is 10.2 Å². The number of hydrogen-bond acceptors (Lipinski definition) is 3. The minimum Gasteiger partial charge on any atom is -0.273 e. The lowest BCUT2D eigenvalue weighted by Crippen LogP contribution is -2.45. The zero-order chi connectivity index (χ0) is 13.3. The van der Waals surface area contributed by atoms with Gasteiger partial charge < -0.3 is 0 Å². The van der Waals surface area contributed by atoms with Gasteiger partial charge in [0.15, 0.2) is 0 Å². The van der Waals surface area contributed by atoms with Crippen molar-refractivity contribution in [1.82, 2.24) is 9.03 Å². The monoisotopic (exact) mass is 262 g/mol. The summed E-state index contributed by atoms with van der Waals surface area (Å²) in [6.45, 7) is 8.08. The molecule has 0 aromatic rings. The minimum absolute atomic E-state index is 0.314. The van der Waals surface area contributed by atoms with Crippen LogP contribution in [-0.4, -0.2) is 31.7 Å². The number of hydrogen-bond donors (Lipinski definition) is 1. The van der Waals surface area contributed by atoms with Crippen LogP contribution in [-0.2, 0) is 15.0 Å². The van der Waals surface area contributed by atoms with Crippen molar-refractivity contribution < 1.29 is 13.2 Å². The number of nitrogens with one attached hydrogen (secondary N) is 1. The first-order valence-corrected chi connectivity index (χ1v) is 7.58. The highest BCUT2D eigenvalue weighted by Crippen LogP contribution is 2.54. The Morgan fingerprint density at radius 3 is 2.24 bits per heavy atom. The lowest BCUT2D eigenvalue weighted by atomic mass is 10.1. The smallest absolute Gasteiger partial charge is 0.273 e. The molecule has 1 saturated carbocycles. The second-order valence-corrected chi connectivity index (χ2v) is 6.42. The van der Waals surface area contributed by atoms with Crippen molar-refractivity contribution in [3.05, 3.63) is 0 Å². The summed E-state index contributed by atoms with van der Waals surface area (Å²) in [6, 6.07) is 0. The Labute approximate surface area is 104 Å². The third-order valence-electron chi connectivity index (χ3n) is 3.69. The van der Waals surface area contributed by atoms with Gasteiger partial charge in [0.1, 0.15) is 0 Å². The Balaban J connectivity index is 2.70. The van der Waals surface area contributed by atoms with E-state index in [1.807, 2.05) is 13.8 Å². The maximum atomic E-state index is 11.9. The third kappa shape index (κ3) is 2.80. The first-order valence-electron chi connectivity index (χ1n) is 6.14. The average molecular weight is 262 g/mol. The highest BCUT2D eigenvalue weighted by molar-refractivity contribution is 7.87. The van der Waals surface area contributed by atoms with E-state index in [1.54, 1.807) is 13.8 Å². The zero-order valence-corrected chi connectivity index (χ0v) is 11.8. The first kappa shape index (κ1) is 14.4. The SMILES string of the molecule is CCC1CC1(C)C(=O)NS(=O)(=O)N(CC)CC. The van der Waals surface area contributed by atoms with E-state index in [0.717, 1.165) is 12.8 Å². The van der Waals surface area contributed by atoms with Crippen molar-refractivity contribution in [2.75, 3.05) is 13.1 Å². The van der Waals surface area contributed by atoms with Crippen LogP contribution in [0.25, 0.3) is 0 Å². The molecule has 5 nitrogen and oxygen atoms in total. The molecular formula is C11H22N2O3S. The molecule has 0 bridgehead atoms. The summed E-state index contributed by atoms with van der Waals surface area (Å²) in [5.41, 5.74) is -0.491. The summed E-state index contributed by atoms with van der Waals surface area (Å²) in [7, 11) is -3.66. The van der Waals surface area contributed by atoms with Gasteiger partial charge in [-0.3, -0.25) is 4.79 Å². The molecule has 1 rings (SSSR count). The Hall–Kier alpha value is -0.620. The second kappa shape index (κ2) is 4.94. The highest BCUT2D eigenvalue weighted by Gasteiger charge is 2.55. The molecule has 0 heterocycles. The molecule has 0 aromatic carbocycles. The fourth-order valence-corrected chi connectivity index (χ4v) is 3.46. The molecule has 0 radical (unpaired) electrons. The summed E-state index contributed by atoms with van der Waals surface area (Å²) >= 11 is 0. The lowest BCUT2D eigenvalue weighted by molar-refractivity contribution is -0.124. The maximum absolute atomic E-state index is 11.9. The van der Waals surface area contributed by atoms with E-state index in [-0.39, 0.29) is 5.91 Å². The van der Waals surface area contributed by atoms with Crippen molar-refractivity contribution in [3.8, 4) is 0 Å². The van der Waals surface area contributed by atoms with Crippen LogP contribution in [0.1, 0.15) is 40.5 Å². The van der Waals surface area contributed by atoms with Crippen molar-refractivity contribution in [3.63, 3.8) is 0 Å². The molecule has 1 fully saturated rings. The predicted octanol–water partition coefficient (Wildman–Crippen LogP) is 1.13. The molecule has 0 spiro atoms. The van der Waals surface area contributed by atoms with E-state index in [1.165, 1.54) is 4.31 Å². The fraction of sp³-hybridized carbons (Fsp3) is 0.909. The van der Waals surface area contributed by atoms with E-state index < -0.39 is 15.6 Å². The Kier molecular flexibility index (Phi) is 4.19. The van der Waals surface area contributed by atoms with Crippen LogP contribution in [0, 0.1) is 11.3 Å². The molecule has 17 heavy (non-hydrogen) atoms. The van der Waals surface area contributed by atoms with Gasteiger partial charge in [0.05, 0.1) is 5.41 Å². The number of amides is 1. The number of carbonyl (C=O) groups excluding carboxylic acids is 1. The zero-order valence-electron chi connectivity index (χ0n) is 11.0. The predicted molar refractivity (Wildman–Crippen MR) is 66.5 cm³/mol. The largest absolute Gasteiger partial charge is 0.303 e. The molecule has 0 aliphatic heterocycles. The van der Waals surface area contributed by atoms with E-state index in [9.17, 15) is 13.2 Å². The highest BCUT2D eigenvalue weighted by atomic mass is 32.2. The second-order valence-electron chi connectivity index (χ2n) is 4.75. The van der Waals surface area contributed by atoms with Gasteiger partial charge in [-0.25, -0.2) is 4.72 Å². The molecule has 6 heteroatoms. The van der Waals surface area contributed by atoms with Crippen LogP contribution in [0.5, 0.6) is 0 Å². The van der Waals surface area contributed by atoms with Crippen molar-refractivity contribution in [1.29, 1.82) is 0 Å². The first-order chi connectivity index (χ1) is 7.81. The van der Waals surface area contributed by atoms with Gasteiger partial charge in [-0.05, 0) is 12.3 Å². The molecule has 1 N–H and O–H groups in total. The number of rotatable bonds is 6. The molecule has 1 aliphatic rings. The third-order valence-corrected chi connectivity index (χ3v) is 5.33. The minimum atomic E-state index is -3.66. The summed E-state index contributed by atoms with van der Waals surface area (Å²) < 4.78 is 27.2. The van der Waals surface area contributed by atoms with Crippen LogP contribution in [0.2, 0.25) is 0 Å². The van der Waals surface area contributed by atoms with Crippen LogP contribution in [0.15, 0.2) is 0 Å². The van der Waals surface area contributed by atoms with Crippen LogP contribution >= 0.6 is 0 Å². The molecule has 2 atom stereocenters.